The smallest absolute Gasteiger partial charge is 0.227 e. The van der Waals surface area contributed by atoms with Gasteiger partial charge in [0.1, 0.15) is 0 Å². The maximum absolute atomic E-state index is 11.9. The normalized spacial score (nSPS) is 29.4. The third-order valence-corrected chi connectivity index (χ3v) is 4.17. The number of rotatable bonds is 1. The topological polar surface area (TPSA) is 49.4 Å². The zero-order chi connectivity index (χ0) is 9.97. The van der Waals surface area contributed by atoms with Crippen molar-refractivity contribution in [2.75, 3.05) is 37.7 Å². The minimum atomic E-state index is -0.688. The first kappa shape index (κ1) is 10.1. The third-order valence-electron chi connectivity index (χ3n) is 2.90. The van der Waals surface area contributed by atoms with Crippen molar-refractivity contribution in [2.45, 2.75) is 6.42 Å². The number of carbonyl (C=O) groups is 1. The quantitative estimate of drug-likeness (QED) is 0.623. The Hall–Kier alpha value is -0.420. The van der Waals surface area contributed by atoms with Gasteiger partial charge in [-0.2, -0.15) is 0 Å². The Morgan fingerprint density at radius 1 is 1.36 bits per heavy atom. The van der Waals surface area contributed by atoms with Crippen LogP contribution in [0.15, 0.2) is 0 Å². The second kappa shape index (κ2) is 4.40. The molecule has 5 heteroatoms. The zero-order valence-corrected chi connectivity index (χ0v) is 9.02. The highest BCUT2D eigenvalue weighted by Gasteiger charge is 2.28. The molecule has 2 saturated heterocycles. The Labute approximate surface area is 86.5 Å². The lowest BCUT2D eigenvalue weighted by molar-refractivity contribution is -0.134. The molecule has 1 atom stereocenters. The molecule has 14 heavy (non-hydrogen) atoms. The maximum Gasteiger partial charge on any atom is 0.227 e. The van der Waals surface area contributed by atoms with Crippen LogP contribution in [0.25, 0.3) is 0 Å². The van der Waals surface area contributed by atoms with Gasteiger partial charge in [0, 0.05) is 41.9 Å². The van der Waals surface area contributed by atoms with E-state index in [-0.39, 0.29) is 11.8 Å². The molecule has 1 amide bonds. The number of nitrogens with zero attached hydrogens (tertiary/aromatic N) is 1. The van der Waals surface area contributed by atoms with Gasteiger partial charge >= 0.3 is 0 Å². The molecule has 2 rings (SSSR count). The van der Waals surface area contributed by atoms with Crippen molar-refractivity contribution in [2.24, 2.45) is 5.92 Å². The molecular formula is C9H16N2O2S. The molecule has 2 fully saturated rings. The predicted octanol–water partition coefficient (Wildman–Crippen LogP) is -0.813. The van der Waals surface area contributed by atoms with E-state index >= 15 is 0 Å². The van der Waals surface area contributed by atoms with Crippen LogP contribution in [0.3, 0.4) is 0 Å². The molecular weight excluding hydrogens is 200 g/mol. The number of hydrogen-bond acceptors (Lipinski definition) is 3. The van der Waals surface area contributed by atoms with E-state index in [2.05, 4.69) is 5.32 Å². The highest BCUT2D eigenvalue weighted by molar-refractivity contribution is 7.85. The summed E-state index contributed by atoms with van der Waals surface area (Å²) in [5.74, 6) is 1.74. The minimum absolute atomic E-state index is 0.168. The molecule has 2 aliphatic heterocycles. The minimum Gasteiger partial charge on any atom is -0.341 e. The molecule has 1 unspecified atom stereocenters. The molecule has 0 aromatic rings. The second-order valence-electron chi connectivity index (χ2n) is 3.86. The summed E-state index contributed by atoms with van der Waals surface area (Å²) < 4.78 is 11.1. The van der Waals surface area contributed by atoms with Gasteiger partial charge in [0.05, 0.1) is 5.92 Å². The van der Waals surface area contributed by atoms with E-state index in [4.69, 9.17) is 0 Å². The highest BCUT2D eigenvalue weighted by Crippen LogP contribution is 2.13. The van der Waals surface area contributed by atoms with Gasteiger partial charge in [-0.3, -0.25) is 9.00 Å². The molecule has 0 aromatic carbocycles. The van der Waals surface area contributed by atoms with E-state index in [1.54, 1.807) is 0 Å². The fourth-order valence-corrected chi connectivity index (χ4v) is 3.03. The van der Waals surface area contributed by atoms with E-state index in [9.17, 15) is 9.00 Å². The van der Waals surface area contributed by atoms with Crippen molar-refractivity contribution < 1.29 is 9.00 Å². The van der Waals surface area contributed by atoms with Crippen LogP contribution in [0.4, 0.5) is 0 Å². The monoisotopic (exact) mass is 216 g/mol. The summed E-state index contributed by atoms with van der Waals surface area (Å²) in [6, 6.07) is 0. The van der Waals surface area contributed by atoms with E-state index in [1.165, 1.54) is 0 Å². The SMILES string of the molecule is O=C(C1CCNC1)N1CCS(=O)CC1. The molecule has 0 aromatic heterocycles. The molecule has 2 aliphatic rings. The van der Waals surface area contributed by atoms with Gasteiger partial charge in [-0.25, -0.2) is 0 Å². The van der Waals surface area contributed by atoms with Crippen molar-refractivity contribution in [3.63, 3.8) is 0 Å². The van der Waals surface area contributed by atoms with Crippen molar-refractivity contribution in [3.8, 4) is 0 Å². The average molecular weight is 216 g/mol. The predicted molar refractivity (Wildman–Crippen MR) is 55.4 cm³/mol. The molecule has 4 nitrogen and oxygen atoms in total. The molecule has 80 valence electrons. The van der Waals surface area contributed by atoms with Crippen molar-refractivity contribution in [1.29, 1.82) is 0 Å². The zero-order valence-electron chi connectivity index (χ0n) is 8.20. The van der Waals surface area contributed by atoms with Crippen LogP contribution < -0.4 is 5.32 Å². The molecule has 0 spiro atoms. The highest BCUT2D eigenvalue weighted by atomic mass is 32.2. The first-order chi connectivity index (χ1) is 6.77. The summed E-state index contributed by atoms with van der Waals surface area (Å²) in [5, 5.41) is 3.19. The number of hydrogen-bond donors (Lipinski definition) is 1. The van der Waals surface area contributed by atoms with Gasteiger partial charge in [0.2, 0.25) is 5.91 Å². The van der Waals surface area contributed by atoms with E-state index in [1.807, 2.05) is 4.90 Å². The molecule has 0 radical (unpaired) electrons. The summed E-state index contributed by atoms with van der Waals surface area (Å²) in [7, 11) is -0.688. The van der Waals surface area contributed by atoms with Gasteiger partial charge in [-0.15, -0.1) is 0 Å². The van der Waals surface area contributed by atoms with Gasteiger partial charge in [-0.1, -0.05) is 0 Å². The van der Waals surface area contributed by atoms with E-state index in [0.29, 0.717) is 24.6 Å². The molecule has 0 aliphatic carbocycles. The standard InChI is InChI=1S/C9H16N2O2S/c12-9(8-1-2-10-7-8)11-3-5-14(13)6-4-11/h8,10H,1-7H2. The van der Waals surface area contributed by atoms with Crippen LogP contribution in [0, 0.1) is 5.92 Å². The third kappa shape index (κ3) is 2.15. The van der Waals surface area contributed by atoms with Crippen LogP contribution in [-0.2, 0) is 15.6 Å². The summed E-state index contributed by atoms with van der Waals surface area (Å²) in [4.78, 5) is 13.8. The Morgan fingerprint density at radius 2 is 2.07 bits per heavy atom. The summed E-state index contributed by atoms with van der Waals surface area (Å²) in [6.45, 7) is 3.14. The van der Waals surface area contributed by atoms with E-state index < -0.39 is 10.8 Å². The summed E-state index contributed by atoms with van der Waals surface area (Å²) >= 11 is 0. The number of nitrogens with one attached hydrogen (secondary N) is 1. The molecule has 2 heterocycles. The fourth-order valence-electron chi connectivity index (χ4n) is 1.98. The van der Waals surface area contributed by atoms with E-state index in [0.717, 1.165) is 19.5 Å². The fraction of sp³-hybridized carbons (Fsp3) is 0.889. The second-order valence-corrected chi connectivity index (χ2v) is 5.56. The first-order valence-electron chi connectivity index (χ1n) is 5.12. The first-order valence-corrected chi connectivity index (χ1v) is 6.60. The van der Waals surface area contributed by atoms with Gasteiger partial charge < -0.3 is 10.2 Å². The molecule has 0 bridgehead atoms. The van der Waals surface area contributed by atoms with Gasteiger partial charge in [0.15, 0.2) is 0 Å². The average Bonchev–Trinajstić information content (AvgIpc) is 2.71. The summed E-state index contributed by atoms with van der Waals surface area (Å²) in [5.41, 5.74) is 0. The summed E-state index contributed by atoms with van der Waals surface area (Å²) in [6.07, 6.45) is 0.957. The van der Waals surface area contributed by atoms with Crippen LogP contribution in [-0.4, -0.2) is 52.7 Å². The van der Waals surface area contributed by atoms with Gasteiger partial charge in [-0.05, 0) is 13.0 Å². The van der Waals surface area contributed by atoms with Crippen LogP contribution in [0.5, 0.6) is 0 Å². The van der Waals surface area contributed by atoms with Crippen molar-refractivity contribution in [1.82, 2.24) is 10.2 Å². The van der Waals surface area contributed by atoms with Gasteiger partial charge in [0.25, 0.3) is 0 Å². The van der Waals surface area contributed by atoms with Crippen molar-refractivity contribution in [3.05, 3.63) is 0 Å². The number of amides is 1. The molecule has 0 saturated carbocycles. The largest absolute Gasteiger partial charge is 0.341 e. The Morgan fingerprint density at radius 3 is 2.64 bits per heavy atom. The lowest BCUT2D eigenvalue weighted by atomic mass is 10.1. The van der Waals surface area contributed by atoms with Crippen molar-refractivity contribution >= 4 is 16.7 Å². The van der Waals surface area contributed by atoms with Crippen LogP contribution >= 0.6 is 0 Å². The lowest BCUT2D eigenvalue weighted by Crippen LogP contribution is -2.45. The lowest BCUT2D eigenvalue weighted by Gasteiger charge is -2.28. The molecule has 1 N–H and O–H groups in total. The Balaban J connectivity index is 1.88. The Bertz CT molecular complexity index is 241. The van der Waals surface area contributed by atoms with Crippen LogP contribution in [0.2, 0.25) is 0 Å². The van der Waals surface area contributed by atoms with Crippen LogP contribution in [0.1, 0.15) is 6.42 Å². The number of carbonyl (C=O) groups excluding carboxylic acids is 1. The Kier molecular flexibility index (Phi) is 3.18. The maximum atomic E-state index is 11.9.